The Hall–Kier alpha value is -1.53. The van der Waals surface area contributed by atoms with Gasteiger partial charge in [0.05, 0.1) is 10.6 Å². The molecule has 1 N–H and O–H groups in total. The number of rotatable bonds is 1. The van der Waals surface area contributed by atoms with Gasteiger partial charge in [0.15, 0.2) is 6.19 Å². The summed E-state index contributed by atoms with van der Waals surface area (Å²) in [6.07, 6.45) is 1.53. The van der Waals surface area contributed by atoms with E-state index >= 15 is 0 Å². The molecule has 1 rings (SSSR count). The van der Waals surface area contributed by atoms with E-state index in [-0.39, 0.29) is 0 Å². The van der Waals surface area contributed by atoms with Gasteiger partial charge in [-0.2, -0.15) is 5.26 Å². The minimum absolute atomic E-state index is 0.306. The fraction of sp³-hybridized carbons (Fsp3) is 0. The lowest BCUT2D eigenvalue weighted by Gasteiger charge is -1.98. The van der Waals surface area contributed by atoms with Crippen molar-refractivity contribution in [3.63, 3.8) is 0 Å². The van der Waals surface area contributed by atoms with E-state index in [9.17, 15) is 4.79 Å². The van der Waals surface area contributed by atoms with E-state index < -0.39 is 5.91 Å². The molecule has 0 heterocycles. The summed E-state index contributed by atoms with van der Waals surface area (Å²) in [4.78, 5) is 11.0. The van der Waals surface area contributed by atoms with E-state index in [4.69, 9.17) is 16.9 Å². The van der Waals surface area contributed by atoms with Crippen LogP contribution in [0.5, 0.6) is 0 Å². The topological polar surface area (TPSA) is 52.9 Å². The summed E-state index contributed by atoms with van der Waals surface area (Å²) in [5, 5.41) is 10.5. The van der Waals surface area contributed by atoms with Crippen LogP contribution in [0.15, 0.2) is 24.3 Å². The normalized spacial score (nSPS) is 8.67. The average molecular weight is 181 g/mol. The van der Waals surface area contributed by atoms with Crippen molar-refractivity contribution in [2.24, 2.45) is 0 Å². The number of carbonyl (C=O) groups excluding carboxylic acids is 1. The maximum atomic E-state index is 11.0. The molecule has 12 heavy (non-hydrogen) atoms. The van der Waals surface area contributed by atoms with Crippen LogP contribution in [-0.4, -0.2) is 5.91 Å². The number of nitriles is 1. The molecule has 0 saturated heterocycles. The van der Waals surface area contributed by atoms with E-state index in [2.05, 4.69) is 0 Å². The molecule has 0 aliphatic carbocycles. The number of halogens is 1. The summed E-state index contributed by atoms with van der Waals surface area (Å²) in [6.45, 7) is 0. The van der Waals surface area contributed by atoms with Crippen LogP contribution in [0.2, 0.25) is 5.02 Å². The van der Waals surface area contributed by atoms with Crippen LogP contribution in [0, 0.1) is 11.5 Å². The van der Waals surface area contributed by atoms with Crippen LogP contribution in [0.1, 0.15) is 10.4 Å². The van der Waals surface area contributed by atoms with Crippen molar-refractivity contribution < 1.29 is 4.79 Å². The SMILES string of the molecule is N#CNC(=O)c1ccccc1Cl. The number of carbonyl (C=O) groups is 1. The van der Waals surface area contributed by atoms with Crippen molar-refractivity contribution in [2.75, 3.05) is 0 Å². The largest absolute Gasteiger partial charge is 0.268 e. The first-order valence-corrected chi connectivity index (χ1v) is 3.57. The number of benzene rings is 1. The molecule has 0 aliphatic heterocycles. The number of amides is 1. The van der Waals surface area contributed by atoms with Gasteiger partial charge in [-0.1, -0.05) is 23.7 Å². The molecule has 0 aliphatic rings. The minimum Gasteiger partial charge on any atom is -0.268 e. The molecule has 1 amide bonds. The average Bonchev–Trinajstić information content (AvgIpc) is 2.05. The van der Waals surface area contributed by atoms with Crippen molar-refractivity contribution >= 4 is 17.5 Å². The van der Waals surface area contributed by atoms with Crippen LogP contribution in [0.3, 0.4) is 0 Å². The van der Waals surface area contributed by atoms with Crippen molar-refractivity contribution in [1.29, 1.82) is 5.26 Å². The number of nitrogens with one attached hydrogen (secondary N) is 1. The highest BCUT2D eigenvalue weighted by Gasteiger charge is 2.07. The number of nitrogens with zero attached hydrogens (tertiary/aromatic N) is 1. The summed E-state index contributed by atoms with van der Waals surface area (Å²) in [6, 6.07) is 6.53. The van der Waals surface area contributed by atoms with Gasteiger partial charge in [0.1, 0.15) is 0 Å². The van der Waals surface area contributed by atoms with Crippen molar-refractivity contribution in [1.82, 2.24) is 5.32 Å². The zero-order valence-corrected chi connectivity index (χ0v) is 6.80. The number of hydrogen-bond donors (Lipinski definition) is 1. The second-order valence-corrected chi connectivity index (χ2v) is 2.45. The summed E-state index contributed by atoms with van der Waals surface area (Å²) in [5.41, 5.74) is 0.306. The monoisotopic (exact) mass is 180 g/mol. The third kappa shape index (κ3) is 1.74. The van der Waals surface area contributed by atoms with Gasteiger partial charge in [-0.15, -0.1) is 0 Å². The smallest absolute Gasteiger partial charge is 0.265 e. The van der Waals surface area contributed by atoms with Crippen LogP contribution < -0.4 is 5.32 Å². The molecule has 0 bridgehead atoms. The molecule has 3 nitrogen and oxygen atoms in total. The Bertz CT molecular complexity index is 343. The molecule has 0 spiro atoms. The summed E-state index contributed by atoms with van der Waals surface area (Å²) < 4.78 is 0. The van der Waals surface area contributed by atoms with Gasteiger partial charge in [-0.05, 0) is 12.1 Å². The van der Waals surface area contributed by atoms with E-state index in [1.165, 1.54) is 6.19 Å². The molecule has 0 atom stereocenters. The Morgan fingerprint density at radius 3 is 2.75 bits per heavy atom. The number of hydrogen-bond acceptors (Lipinski definition) is 2. The van der Waals surface area contributed by atoms with Gasteiger partial charge < -0.3 is 0 Å². The molecule has 0 unspecified atom stereocenters. The fourth-order valence-corrected chi connectivity index (χ4v) is 0.985. The lowest BCUT2D eigenvalue weighted by molar-refractivity contribution is 0.0973. The summed E-state index contributed by atoms with van der Waals surface area (Å²) in [5.74, 6) is -0.483. The second kappa shape index (κ2) is 3.74. The lowest BCUT2D eigenvalue weighted by Crippen LogP contribution is -2.17. The van der Waals surface area contributed by atoms with E-state index in [0.717, 1.165) is 0 Å². The first-order valence-electron chi connectivity index (χ1n) is 3.19. The quantitative estimate of drug-likeness (QED) is 0.527. The Morgan fingerprint density at radius 2 is 2.17 bits per heavy atom. The highest BCUT2D eigenvalue weighted by atomic mass is 35.5. The maximum Gasteiger partial charge on any atom is 0.265 e. The van der Waals surface area contributed by atoms with Gasteiger partial charge in [0, 0.05) is 0 Å². The first kappa shape index (κ1) is 8.57. The molecular formula is C8H5ClN2O. The van der Waals surface area contributed by atoms with Gasteiger partial charge >= 0.3 is 0 Å². The van der Waals surface area contributed by atoms with Gasteiger partial charge in [-0.3, -0.25) is 10.1 Å². The molecule has 0 saturated carbocycles. The van der Waals surface area contributed by atoms with Gasteiger partial charge in [0.25, 0.3) is 5.91 Å². The van der Waals surface area contributed by atoms with Gasteiger partial charge in [-0.25, -0.2) is 0 Å². The predicted octanol–water partition coefficient (Wildman–Crippen LogP) is 1.55. The van der Waals surface area contributed by atoms with Crippen LogP contribution in [0.4, 0.5) is 0 Å². The predicted molar refractivity (Wildman–Crippen MR) is 44.5 cm³/mol. The lowest BCUT2D eigenvalue weighted by atomic mass is 10.2. The molecule has 1 aromatic carbocycles. The zero-order valence-electron chi connectivity index (χ0n) is 6.04. The van der Waals surface area contributed by atoms with Crippen molar-refractivity contribution in [3.05, 3.63) is 34.9 Å². The third-order valence-corrected chi connectivity index (χ3v) is 1.62. The fourth-order valence-electron chi connectivity index (χ4n) is 0.763. The minimum atomic E-state index is -0.483. The van der Waals surface area contributed by atoms with Crippen molar-refractivity contribution in [3.8, 4) is 6.19 Å². The Balaban J connectivity index is 2.97. The maximum absolute atomic E-state index is 11.0. The molecule has 4 heteroatoms. The first-order chi connectivity index (χ1) is 5.75. The molecule has 0 fully saturated rings. The molecule has 0 radical (unpaired) electrons. The Labute approximate surface area is 74.6 Å². The van der Waals surface area contributed by atoms with Crippen molar-refractivity contribution in [2.45, 2.75) is 0 Å². The highest BCUT2D eigenvalue weighted by molar-refractivity contribution is 6.33. The highest BCUT2D eigenvalue weighted by Crippen LogP contribution is 2.13. The van der Waals surface area contributed by atoms with Crippen LogP contribution >= 0.6 is 11.6 Å². The standard InChI is InChI=1S/C8H5ClN2O/c9-7-4-2-1-3-6(7)8(12)11-5-10/h1-4H,(H,11,12). The Kier molecular flexibility index (Phi) is 2.67. The van der Waals surface area contributed by atoms with E-state index in [0.29, 0.717) is 10.6 Å². The van der Waals surface area contributed by atoms with Gasteiger partial charge in [0.2, 0.25) is 0 Å². The second-order valence-electron chi connectivity index (χ2n) is 2.05. The zero-order chi connectivity index (χ0) is 8.97. The molecule has 0 aromatic heterocycles. The summed E-state index contributed by atoms with van der Waals surface area (Å²) >= 11 is 5.68. The molecule has 1 aromatic rings. The van der Waals surface area contributed by atoms with E-state index in [1.807, 2.05) is 5.32 Å². The van der Waals surface area contributed by atoms with Crippen LogP contribution in [0.25, 0.3) is 0 Å². The van der Waals surface area contributed by atoms with E-state index in [1.54, 1.807) is 24.3 Å². The van der Waals surface area contributed by atoms with Crippen LogP contribution in [-0.2, 0) is 0 Å². The third-order valence-electron chi connectivity index (χ3n) is 1.29. The molecular weight excluding hydrogens is 176 g/mol. The molecule has 60 valence electrons. The summed E-state index contributed by atoms with van der Waals surface area (Å²) in [7, 11) is 0. The Morgan fingerprint density at radius 1 is 1.50 bits per heavy atom.